The molecule has 1 atom stereocenters. The lowest BCUT2D eigenvalue weighted by atomic mass is 10.1. The summed E-state index contributed by atoms with van der Waals surface area (Å²) in [7, 11) is 2.06. The maximum absolute atomic E-state index is 9.91. The fraction of sp³-hybridized carbons (Fsp3) is 0.600. The van der Waals surface area contributed by atoms with Gasteiger partial charge in [-0.25, -0.2) is 0 Å². The molecule has 0 aromatic heterocycles. The Hall–Kier alpha value is -0.900. The monoisotopic (exact) mass is 248 g/mol. The third-order valence-electron chi connectivity index (χ3n) is 3.32. The van der Waals surface area contributed by atoms with Crippen molar-refractivity contribution in [3.05, 3.63) is 35.4 Å². The van der Waals surface area contributed by atoms with Crippen molar-refractivity contribution in [3.63, 3.8) is 0 Å². The number of rotatable bonds is 7. The first-order valence-electron chi connectivity index (χ1n) is 6.79. The molecule has 2 N–H and O–H groups in total. The first-order valence-corrected chi connectivity index (χ1v) is 6.79. The van der Waals surface area contributed by atoms with Gasteiger partial charge in [0.05, 0.1) is 6.10 Å². The van der Waals surface area contributed by atoms with Gasteiger partial charge in [0.2, 0.25) is 0 Å². The summed E-state index contributed by atoms with van der Waals surface area (Å²) in [4.78, 5) is 2.17. The van der Waals surface area contributed by atoms with Crippen LogP contribution < -0.4 is 5.32 Å². The molecule has 1 aliphatic carbocycles. The molecule has 0 bridgehead atoms. The minimum atomic E-state index is -0.277. The standard InChI is InChI=1S/C15H24N2O/c1-12-3-5-13(6-4-12)10-17(2)11-15(18)9-16-14-7-8-14/h3-6,14-16,18H,7-11H2,1-2H3. The van der Waals surface area contributed by atoms with Crippen LogP contribution in [0.3, 0.4) is 0 Å². The van der Waals surface area contributed by atoms with Crippen molar-refractivity contribution in [1.82, 2.24) is 10.2 Å². The lowest BCUT2D eigenvalue weighted by Crippen LogP contribution is -2.37. The normalized spacial score (nSPS) is 17.1. The van der Waals surface area contributed by atoms with Crippen molar-refractivity contribution >= 4 is 0 Å². The number of nitrogens with one attached hydrogen (secondary N) is 1. The molecule has 1 aromatic carbocycles. The summed E-state index contributed by atoms with van der Waals surface area (Å²) in [6.45, 7) is 4.41. The van der Waals surface area contributed by atoms with Crippen LogP contribution in [0.5, 0.6) is 0 Å². The summed E-state index contributed by atoms with van der Waals surface area (Å²) in [5, 5.41) is 13.3. The van der Waals surface area contributed by atoms with Gasteiger partial charge in [-0.1, -0.05) is 29.8 Å². The molecule has 0 aliphatic heterocycles. The number of aliphatic hydroxyl groups is 1. The summed E-state index contributed by atoms with van der Waals surface area (Å²) in [6.07, 6.45) is 2.26. The molecule has 3 heteroatoms. The summed E-state index contributed by atoms with van der Waals surface area (Å²) < 4.78 is 0. The van der Waals surface area contributed by atoms with E-state index in [0.717, 1.165) is 6.54 Å². The first kappa shape index (κ1) is 13.5. The number of benzene rings is 1. The summed E-state index contributed by atoms with van der Waals surface area (Å²) >= 11 is 0. The molecule has 1 fully saturated rings. The molecule has 100 valence electrons. The van der Waals surface area contributed by atoms with Gasteiger partial charge in [0.1, 0.15) is 0 Å². The quantitative estimate of drug-likeness (QED) is 0.768. The second-order valence-corrected chi connectivity index (χ2v) is 5.52. The molecule has 0 saturated heterocycles. The first-order chi connectivity index (χ1) is 8.63. The maximum Gasteiger partial charge on any atom is 0.0791 e. The predicted octanol–water partition coefficient (Wildman–Crippen LogP) is 1.54. The van der Waals surface area contributed by atoms with Crippen LogP contribution in [0.15, 0.2) is 24.3 Å². The van der Waals surface area contributed by atoms with E-state index in [4.69, 9.17) is 0 Å². The van der Waals surface area contributed by atoms with Crippen molar-refractivity contribution in [2.45, 2.75) is 38.5 Å². The summed E-state index contributed by atoms with van der Waals surface area (Å²) in [6, 6.07) is 9.24. The Morgan fingerprint density at radius 2 is 2.00 bits per heavy atom. The van der Waals surface area contributed by atoms with E-state index in [1.807, 2.05) is 0 Å². The zero-order valence-electron chi connectivity index (χ0n) is 11.4. The van der Waals surface area contributed by atoms with Gasteiger partial charge in [-0.15, -0.1) is 0 Å². The Morgan fingerprint density at radius 3 is 2.61 bits per heavy atom. The highest BCUT2D eigenvalue weighted by molar-refractivity contribution is 5.21. The second-order valence-electron chi connectivity index (χ2n) is 5.52. The Labute approximate surface area is 110 Å². The number of nitrogens with zero attached hydrogens (tertiary/aromatic N) is 1. The average Bonchev–Trinajstić information content (AvgIpc) is 3.13. The van der Waals surface area contributed by atoms with Crippen molar-refractivity contribution < 1.29 is 5.11 Å². The van der Waals surface area contributed by atoms with E-state index in [9.17, 15) is 5.11 Å². The molecular formula is C15H24N2O. The molecule has 1 aliphatic rings. The van der Waals surface area contributed by atoms with E-state index < -0.39 is 0 Å². The minimum Gasteiger partial charge on any atom is -0.390 e. The highest BCUT2D eigenvalue weighted by Gasteiger charge is 2.21. The van der Waals surface area contributed by atoms with Crippen LogP contribution in [0.2, 0.25) is 0 Å². The van der Waals surface area contributed by atoms with E-state index in [1.165, 1.54) is 24.0 Å². The van der Waals surface area contributed by atoms with E-state index in [2.05, 4.69) is 48.5 Å². The largest absolute Gasteiger partial charge is 0.390 e. The van der Waals surface area contributed by atoms with Crippen LogP contribution in [0, 0.1) is 6.92 Å². The van der Waals surface area contributed by atoms with Gasteiger partial charge in [0, 0.05) is 25.7 Å². The van der Waals surface area contributed by atoms with E-state index in [1.54, 1.807) is 0 Å². The van der Waals surface area contributed by atoms with Crippen molar-refractivity contribution in [2.75, 3.05) is 20.1 Å². The van der Waals surface area contributed by atoms with Gasteiger partial charge in [0.25, 0.3) is 0 Å². The van der Waals surface area contributed by atoms with Crippen LogP contribution >= 0.6 is 0 Å². The van der Waals surface area contributed by atoms with Crippen LogP contribution in [0.1, 0.15) is 24.0 Å². The van der Waals surface area contributed by atoms with Gasteiger partial charge < -0.3 is 10.4 Å². The van der Waals surface area contributed by atoms with E-state index in [-0.39, 0.29) is 6.10 Å². The Balaban J connectivity index is 1.69. The Morgan fingerprint density at radius 1 is 1.33 bits per heavy atom. The van der Waals surface area contributed by atoms with Crippen LogP contribution in [-0.4, -0.2) is 42.3 Å². The zero-order chi connectivity index (χ0) is 13.0. The summed E-state index contributed by atoms with van der Waals surface area (Å²) in [5.41, 5.74) is 2.58. The third-order valence-corrected chi connectivity index (χ3v) is 3.32. The van der Waals surface area contributed by atoms with E-state index >= 15 is 0 Å². The third kappa shape index (κ3) is 4.77. The minimum absolute atomic E-state index is 0.277. The predicted molar refractivity (Wildman–Crippen MR) is 74.5 cm³/mol. The fourth-order valence-corrected chi connectivity index (χ4v) is 2.08. The number of aliphatic hydroxyl groups excluding tert-OH is 1. The number of likely N-dealkylation sites (N-methyl/N-ethyl adjacent to an activating group) is 1. The van der Waals surface area contributed by atoms with Gasteiger partial charge in [-0.05, 0) is 32.4 Å². The molecule has 1 aromatic rings. The van der Waals surface area contributed by atoms with Crippen LogP contribution in [-0.2, 0) is 6.54 Å². The average molecular weight is 248 g/mol. The smallest absolute Gasteiger partial charge is 0.0791 e. The molecule has 18 heavy (non-hydrogen) atoms. The maximum atomic E-state index is 9.91. The molecular weight excluding hydrogens is 224 g/mol. The summed E-state index contributed by atoms with van der Waals surface area (Å²) in [5.74, 6) is 0. The van der Waals surface area contributed by atoms with Crippen molar-refractivity contribution in [1.29, 1.82) is 0 Å². The highest BCUT2D eigenvalue weighted by atomic mass is 16.3. The van der Waals surface area contributed by atoms with Gasteiger partial charge in [-0.2, -0.15) is 0 Å². The Bertz CT molecular complexity index is 359. The zero-order valence-corrected chi connectivity index (χ0v) is 11.4. The lowest BCUT2D eigenvalue weighted by molar-refractivity contribution is 0.121. The molecule has 0 heterocycles. The number of hydrogen-bond donors (Lipinski definition) is 2. The highest BCUT2D eigenvalue weighted by Crippen LogP contribution is 2.18. The lowest BCUT2D eigenvalue weighted by Gasteiger charge is -2.21. The number of hydrogen-bond acceptors (Lipinski definition) is 3. The molecule has 0 amide bonds. The topological polar surface area (TPSA) is 35.5 Å². The van der Waals surface area contributed by atoms with Gasteiger partial charge >= 0.3 is 0 Å². The molecule has 1 saturated carbocycles. The molecule has 3 nitrogen and oxygen atoms in total. The Kier molecular flexibility index (Phi) is 4.75. The molecule has 0 radical (unpaired) electrons. The second kappa shape index (κ2) is 6.32. The number of aryl methyl sites for hydroxylation is 1. The van der Waals surface area contributed by atoms with Crippen molar-refractivity contribution in [2.24, 2.45) is 0 Å². The van der Waals surface area contributed by atoms with E-state index in [0.29, 0.717) is 19.1 Å². The fourth-order valence-electron chi connectivity index (χ4n) is 2.08. The van der Waals surface area contributed by atoms with Gasteiger partial charge in [0.15, 0.2) is 0 Å². The SMILES string of the molecule is Cc1ccc(CN(C)CC(O)CNC2CC2)cc1. The molecule has 0 spiro atoms. The van der Waals surface area contributed by atoms with Crippen molar-refractivity contribution in [3.8, 4) is 0 Å². The molecule has 1 unspecified atom stereocenters. The van der Waals surface area contributed by atoms with Crippen LogP contribution in [0.25, 0.3) is 0 Å². The molecule has 2 rings (SSSR count). The van der Waals surface area contributed by atoms with Gasteiger partial charge in [-0.3, -0.25) is 4.90 Å². The van der Waals surface area contributed by atoms with Crippen LogP contribution in [0.4, 0.5) is 0 Å².